The summed E-state index contributed by atoms with van der Waals surface area (Å²) in [6.07, 6.45) is 43.8. The maximum atomic E-state index is 7.26. The van der Waals surface area contributed by atoms with Gasteiger partial charge >= 0.3 is 26.2 Å². The molecule has 0 aliphatic carbocycles. The predicted octanol–water partition coefficient (Wildman–Crippen LogP) is 12.8. The molecule has 3 heteroatoms. The van der Waals surface area contributed by atoms with E-state index in [1.807, 2.05) is 0 Å². The van der Waals surface area contributed by atoms with Crippen LogP contribution < -0.4 is 0 Å². The fraction of sp³-hybridized carbons (Fsp3) is 0.974. The zero-order valence-electron chi connectivity index (χ0n) is 29.1. The quantitative estimate of drug-likeness (QED) is 0.0397. The molecule has 41 heavy (non-hydrogen) atoms. The normalized spacial score (nSPS) is 11.3. The first kappa shape index (κ1) is 43.1. The van der Waals surface area contributed by atoms with Crippen LogP contribution in [-0.4, -0.2) is 47.2 Å². The summed E-state index contributed by atoms with van der Waals surface area (Å²) in [7, 11) is 2.61. The van der Waals surface area contributed by atoms with Crippen LogP contribution >= 0.6 is 0 Å². The van der Waals surface area contributed by atoms with Crippen molar-refractivity contribution in [3.63, 3.8) is 0 Å². The minimum atomic E-state index is 1.37. The Labute approximate surface area is 270 Å². The van der Waals surface area contributed by atoms with E-state index in [0.29, 0.717) is 0 Å². The zero-order chi connectivity index (χ0) is 30.5. The Hall–Kier alpha value is -0.0305. The van der Waals surface area contributed by atoms with Gasteiger partial charge in [-0.25, -0.2) is 0 Å². The van der Waals surface area contributed by atoms with Crippen molar-refractivity contribution in [3.05, 3.63) is 0 Å². The number of rotatable bonds is 33. The molecule has 2 nitrogen and oxygen atoms in total. The van der Waals surface area contributed by atoms with Gasteiger partial charge < -0.3 is 4.48 Å². The predicted molar refractivity (Wildman–Crippen MR) is 188 cm³/mol. The van der Waals surface area contributed by atoms with Gasteiger partial charge in [0.1, 0.15) is 0 Å². The first-order valence-corrected chi connectivity index (χ1v) is 19.8. The van der Waals surface area contributed by atoms with Crippen molar-refractivity contribution in [1.82, 2.24) is 0 Å². The zero-order valence-corrected chi connectivity index (χ0v) is 30.9. The average Bonchev–Trinajstić information content (AvgIpc) is 2.96. The van der Waals surface area contributed by atoms with Gasteiger partial charge in [-0.1, -0.05) is 175 Å². The molecule has 0 spiro atoms. The van der Waals surface area contributed by atoms with Crippen LogP contribution in [0.4, 0.5) is 0 Å². The van der Waals surface area contributed by atoms with Gasteiger partial charge in [0.25, 0.3) is 0 Å². The van der Waals surface area contributed by atoms with Crippen LogP contribution in [-0.2, 0) is 0 Å². The summed E-state index contributed by atoms with van der Waals surface area (Å²) in [6.45, 7) is 11.3. The molecular weight excluding hydrogens is 563 g/mol. The van der Waals surface area contributed by atoms with Crippen LogP contribution in [0.2, 0.25) is 0 Å². The van der Waals surface area contributed by atoms with Gasteiger partial charge in [0, 0.05) is 0 Å². The molecule has 0 atom stereocenters. The summed E-state index contributed by atoms with van der Waals surface area (Å²) in [5, 5.41) is 7.26. The van der Waals surface area contributed by atoms with Crippen LogP contribution in [0.15, 0.2) is 0 Å². The van der Waals surface area contributed by atoms with Crippen LogP contribution in [0, 0.1) is 10.2 Å². The number of quaternary nitrogens is 1. The Morgan fingerprint density at radius 1 is 0.366 bits per heavy atom. The van der Waals surface area contributed by atoms with Crippen molar-refractivity contribution in [2.45, 2.75) is 213 Å². The fourth-order valence-corrected chi connectivity index (χ4v) is 6.28. The van der Waals surface area contributed by atoms with E-state index >= 15 is 0 Å². The van der Waals surface area contributed by atoms with Gasteiger partial charge in [0.05, 0.1) is 26.7 Å². The van der Waals surface area contributed by atoms with Crippen molar-refractivity contribution in [2.75, 3.05) is 26.7 Å². The third-order valence-corrected chi connectivity index (χ3v) is 9.15. The van der Waals surface area contributed by atoms with Crippen molar-refractivity contribution in [1.29, 1.82) is 5.26 Å². The molecule has 0 saturated carbocycles. The molecule has 0 bridgehead atoms. The summed E-state index contributed by atoms with van der Waals surface area (Å²) in [6, 6.07) is 0. The van der Waals surface area contributed by atoms with E-state index in [9.17, 15) is 0 Å². The molecule has 0 heterocycles. The second-order valence-corrected chi connectivity index (χ2v) is 13.8. The molecular formula is C38H78N2Se. The second-order valence-electron chi connectivity index (χ2n) is 13.4. The molecule has 0 aromatic rings. The summed E-state index contributed by atoms with van der Waals surface area (Å²) in [4.78, 5) is 1.62. The Bertz CT molecular complexity index is 441. The molecule has 0 rings (SSSR count). The van der Waals surface area contributed by atoms with E-state index in [-0.39, 0.29) is 0 Å². The number of nitriles is 1. The molecule has 0 saturated heterocycles. The Balaban J connectivity index is 0. The molecule has 0 aromatic carbocycles. The van der Waals surface area contributed by atoms with Crippen LogP contribution in [0.1, 0.15) is 213 Å². The van der Waals surface area contributed by atoms with Crippen LogP contribution in [0.25, 0.3) is 0 Å². The first-order chi connectivity index (χ1) is 20.1. The molecule has 0 fully saturated rings. The number of hydrogen-bond acceptors (Lipinski definition) is 1. The van der Waals surface area contributed by atoms with Gasteiger partial charge in [0.15, 0.2) is 0 Å². The Kier molecular flexibility index (Phi) is 39.9. The van der Waals surface area contributed by atoms with E-state index in [1.54, 1.807) is 4.97 Å². The van der Waals surface area contributed by atoms with E-state index in [2.05, 4.69) is 43.8 Å². The van der Waals surface area contributed by atoms with Crippen molar-refractivity contribution < 1.29 is 4.48 Å². The Morgan fingerprint density at radius 2 is 0.512 bits per heavy atom. The molecule has 0 aliphatic heterocycles. The Morgan fingerprint density at radius 3 is 0.683 bits per heavy atom. The maximum absolute atomic E-state index is 7.26. The molecule has 246 valence electrons. The third kappa shape index (κ3) is 37.9. The molecule has 0 radical (unpaired) electrons. The summed E-state index contributed by atoms with van der Waals surface area (Å²) < 4.78 is 1.37. The van der Waals surface area contributed by atoms with Crippen molar-refractivity contribution in [3.8, 4) is 4.97 Å². The minimum absolute atomic E-state index is 1.37. The topological polar surface area (TPSA) is 23.8 Å². The average molecular weight is 642 g/mol. The van der Waals surface area contributed by atoms with Gasteiger partial charge in [-0.3, -0.25) is 0 Å². The van der Waals surface area contributed by atoms with Crippen LogP contribution in [0.3, 0.4) is 0 Å². The van der Waals surface area contributed by atoms with Crippen LogP contribution in [0.5, 0.6) is 0 Å². The first-order valence-electron chi connectivity index (χ1n) is 18.9. The van der Waals surface area contributed by atoms with E-state index in [4.69, 9.17) is 5.26 Å². The number of nitrogens with zero attached hydrogens (tertiary/aromatic N) is 2. The van der Waals surface area contributed by atoms with E-state index < -0.39 is 0 Å². The standard InChI is InChI=1S/C37H78N.CHNSe/c1-5-8-11-14-17-20-23-26-29-32-35-38(4,36-33-30-27-24-21-18-15-12-9-6-2)37-34-31-28-25-22-19-16-13-10-7-3;2-1-3/h5-37H2,1-4H3;3H/q+1;/p-1. The molecule has 0 aliphatic rings. The second kappa shape index (κ2) is 38.0. The summed E-state index contributed by atoms with van der Waals surface area (Å²) >= 11 is 2.11. The van der Waals surface area contributed by atoms with E-state index in [0.717, 1.165) is 0 Å². The van der Waals surface area contributed by atoms with Gasteiger partial charge in [-0.15, -0.1) is 0 Å². The molecule has 0 unspecified atom stereocenters. The number of hydrogen-bond donors (Lipinski definition) is 0. The van der Waals surface area contributed by atoms with Gasteiger partial charge in [0.2, 0.25) is 0 Å². The van der Waals surface area contributed by atoms with Crippen molar-refractivity contribution >= 4 is 16.0 Å². The van der Waals surface area contributed by atoms with E-state index in [1.165, 1.54) is 217 Å². The van der Waals surface area contributed by atoms with Gasteiger partial charge in [-0.2, -0.15) is 0 Å². The monoisotopic (exact) mass is 643 g/mol. The third-order valence-electron chi connectivity index (χ3n) is 9.15. The molecule has 0 aromatic heterocycles. The summed E-state index contributed by atoms with van der Waals surface area (Å²) in [5.74, 6) is 0. The SMILES string of the molecule is CCCCCCCCCCCC[N+](C)(CCCCCCCCCCCC)CCCCCCCCCCCC.N#C[Se-]. The summed E-state index contributed by atoms with van der Waals surface area (Å²) in [5.41, 5.74) is 0. The fourth-order valence-electron chi connectivity index (χ4n) is 6.28. The number of unbranched alkanes of at least 4 members (excludes halogenated alkanes) is 27. The van der Waals surface area contributed by atoms with Crippen molar-refractivity contribution in [2.24, 2.45) is 0 Å². The van der Waals surface area contributed by atoms with Gasteiger partial charge in [-0.05, 0) is 38.5 Å². The molecule has 0 amide bonds. The molecule has 0 N–H and O–H groups in total.